The van der Waals surface area contributed by atoms with Crippen molar-refractivity contribution in [3.8, 4) is 5.95 Å². The van der Waals surface area contributed by atoms with Crippen LogP contribution in [0.5, 0.6) is 0 Å². The third-order valence-electron chi connectivity index (χ3n) is 2.56. The van der Waals surface area contributed by atoms with Crippen molar-refractivity contribution in [2.24, 2.45) is 7.05 Å². The van der Waals surface area contributed by atoms with Crippen molar-refractivity contribution in [2.75, 3.05) is 0 Å². The maximum atomic E-state index is 6.08. The molecule has 0 unspecified atom stereocenters. The summed E-state index contributed by atoms with van der Waals surface area (Å²) in [6.07, 6.45) is 3.33. The third-order valence-corrected chi connectivity index (χ3v) is 2.82. The maximum absolute atomic E-state index is 6.08. The van der Waals surface area contributed by atoms with Gasteiger partial charge in [0, 0.05) is 12.7 Å². The Hall–Kier alpha value is -1.95. The molecule has 0 aliphatic heterocycles. The molecule has 0 aromatic carbocycles. The molecule has 0 saturated carbocycles. The van der Waals surface area contributed by atoms with Gasteiger partial charge in [0.1, 0.15) is 5.52 Å². The molecule has 0 fully saturated rings. The van der Waals surface area contributed by atoms with Crippen molar-refractivity contribution in [3.05, 3.63) is 29.3 Å². The van der Waals surface area contributed by atoms with Gasteiger partial charge in [0.25, 0.3) is 0 Å². The second-order valence-corrected chi connectivity index (χ2v) is 4.10. The van der Waals surface area contributed by atoms with Crippen LogP contribution in [0.25, 0.3) is 17.0 Å². The molecule has 3 heterocycles. The predicted octanol–water partition coefficient (Wildman–Crippen LogP) is 1.51. The average molecular weight is 249 g/mol. The van der Waals surface area contributed by atoms with Gasteiger partial charge in [0.05, 0.1) is 17.9 Å². The minimum atomic E-state index is 0.405. The number of hydrogen-bond donors (Lipinski definition) is 0. The lowest BCUT2D eigenvalue weighted by Gasteiger charge is -2.00. The highest BCUT2D eigenvalue weighted by Crippen LogP contribution is 2.23. The molecular weight excluding hydrogens is 240 g/mol. The van der Waals surface area contributed by atoms with E-state index in [9.17, 15) is 0 Å². The van der Waals surface area contributed by atoms with E-state index in [0.717, 1.165) is 11.2 Å². The fourth-order valence-corrected chi connectivity index (χ4v) is 2.05. The SMILES string of the molecule is Cc1cc2c(nc(-n3ccnn3)n2C)c(Cl)n1. The quantitative estimate of drug-likeness (QED) is 0.613. The molecule has 0 radical (unpaired) electrons. The molecule has 6 nitrogen and oxygen atoms in total. The molecule has 17 heavy (non-hydrogen) atoms. The second-order valence-electron chi connectivity index (χ2n) is 3.74. The Morgan fingerprint density at radius 2 is 2.12 bits per heavy atom. The lowest BCUT2D eigenvalue weighted by molar-refractivity contribution is 0.723. The normalized spacial score (nSPS) is 11.2. The first-order chi connectivity index (χ1) is 8.16. The average Bonchev–Trinajstić information content (AvgIpc) is 2.87. The van der Waals surface area contributed by atoms with Gasteiger partial charge >= 0.3 is 0 Å². The van der Waals surface area contributed by atoms with Crippen LogP contribution in [-0.2, 0) is 7.05 Å². The Kier molecular flexibility index (Phi) is 2.12. The largest absolute Gasteiger partial charge is 0.311 e. The standard InChI is InChI=1S/C10H9ClN6/c1-6-5-7-8(9(11)13-6)14-10(16(7)2)17-4-3-12-15-17/h3-5H,1-2H3. The smallest absolute Gasteiger partial charge is 0.233 e. The van der Waals surface area contributed by atoms with Crippen LogP contribution in [0.4, 0.5) is 0 Å². The van der Waals surface area contributed by atoms with Crippen LogP contribution in [0.15, 0.2) is 18.5 Å². The highest BCUT2D eigenvalue weighted by molar-refractivity contribution is 6.33. The van der Waals surface area contributed by atoms with E-state index in [1.165, 1.54) is 0 Å². The summed E-state index contributed by atoms with van der Waals surface area (Å²) in [6.45, 7) is 1.90. The number of rotatable bonds is 1. The van der Waals surface area contributed by atoms with Gasteiger partial charge in [-0.15, -0.1) is 5.10 Å². The number of imidazole rings is 1. The molecule has 0 aliphatic rings. The van der Waals surface area contributed by atoms with E-state index in [-0.39, 0.29) is 0 Å². The van der Waals surface area contributed by atoms with Crippen LogP contribution < -0.4 is 0 Å². The van der Waals surface area contributed by atoms with Crippen LogP contribution in [0.2, 0.25) is 5.15 Å². The zero-order chi connectivity index (χ0) is 12.0. The van der Waals surface area contributed by atoms with Crippen molar-refractivity contribution in [2.45, 2.75) is 6.92 Å². The summed E-state index contributed by atoms with van der Waals surface area (Å²) in [4.78, 5) is 8.61. The van der Waals surface area contributed by atoms with E-state index in [1.54, 1.807) is 17.1 Å². The minimum absolute atomic E-state index is 0.405. The Bertz CT molecular complexity index is 684. The van der Waals surface area contributed by atoms with Gasteiger partial charge in [0.2, 0.25) is 5.95 Å². The van der Waals surface area contributed by atoms with E-state index in [1.807, 2.05) is 24.6 Å². The number of fused-ring (bicyclic) bond motifs is 1. The zero-order valence-electron chi connectivity index (χ0n) is 9.29. The molecule has 3 rings (SSSR count). The molecular formula is C10H9ClN6. The van der Waals surface area contributed by atoms with Gasteiger partial charge in [-0.1, -0.05) is 16.8 Å². The molecule has 3 aromatic rings. The first kappa shape index (κ1) is 10.2. The highest BCUT2D eigenvalue weighted by atomic mass is 35.5. The number of halogens is 1. The molecule has 0 bridgehead atoms. The predicted molar refractivity (Wildman–Crippen MR) is 63.2 cm³/mol. The van der Waals surface area contributed by atoms with E-state index in [4.69, 9.17) is 11.6 Å². The summed E-state index contributed by atoms with van der Waals surface area (Å²) in [6, 6.07) is 1.94. The van der Waals surface area contributed by atoms with E-state index in [2.05, 4.69) is 20.3 Å². The zero-order valence-corrected chi connectivity index (χ0v) is 10.0. The monoisotopic (exact) mass is 248 g/mol. The van der Waals surface area contributed by atoms with E-state index in [0.29, 0.717) is 16.6 Å². The van der Waals surface area contributed by atoms with Crippen LogP contribution in [-0.4, -0.2) is 29.5 Å². The van der Waals surface area contributed by atoms with Crippen molar-refractivity contribution >= 4 is 22.6 Å². The molecule has 0 amide bonds. The second kappa shape index (κ2) is 3.53. The lowest BCUT2D eigenvalue weighted by Crippen LogP contribution is -2.03. The summed E-state index contributed by atoms with van der Waals surface area (Å²) >= 11 is 6.08. The Morgan fingerprint density at radius 3 is 2.82 bits per heavy atom. The fourth-order valence-electron chi connectivity index (χ4n) is 1.77. The van der Waals surface area contributed by atoms with Crippen molar-refractivity contribution in [1.82, 2.24) is 29.5 Å². The van der Waals surface area contributed by atoms with Gasteiger partial charge < -0.3 is 4.57 Å². The summed E-state index contributed by atoms with van der Waals surface area (Å²) in [5.74, 6) is 0.659. The van der Waals surface area contributed by atoms with Crippen LogP contribution in [0.3, 0.4) is 0 Å². The minimum Gasteiger partial charge on any atom is -0.311 e. The van der Waals surface area contributed by atoms with Crippen LogP contribution >= 0.6 is 11.6 Å². The first-order valence-electron chi connectivity index (χ1n) is 5.03. The summed E-state index contributed by atoms with van der Waals surface area (Å²) in [5, 5.41) is 8.08. The van der Waals surface area contributed by atoms with Crippen molar-refractivity contribution < 1.29 is 0 Å². The number of hydrogen-bond acceptors (Lipinski definition) is 4. The summed E-state index contributed by atoms with van der Waals surface area (Å²) < 4.78 is 3.50. The number of aryl methyl sites for hydroxylation is 2. The summed E-state index contributed by atoms with van der Waals surface area (Å²) in [7, 11) is 1.90. The van der Waals surface area contributed by atoms with Gasteiger partial charge in [-0.3, -0.25) is 0 Å². The Morgan fingerprint density at radius 1 is 1.29 bits per heavy atom. The van der Waals surface area contributed by atoms with Gasteiger partial charge in [-0.2, -0.15) is 4.68 Å². The lowest BCUT2D eigenvalue weighted by atomic mass is 10.3. The number of aromatic nitrogens is 6. The Balaban J connectivity index is 2.36. The number of pyridine rings is 1. The van der Waals surface area contributed by atoms with E-state index >= 15 is 0 Å². The van der Waals surface area contributed by atoms with Crippen LogP contribution in [0.1, 0.15) is 5.69 Å². The van der Waals surface area contributed by atoms with Gasteiger partial charge in [-0.05, 0) is 13.0 Å². The molecule has 7 heteroatoms. The molecule has 3 aromatic heterocycles. The fraction of sp³-hybridized carbons (Fsp3) is 0.200. The maximum Gasteiger partial charge on any atom is 0.233 e. The first-order valence-corrected chi connectivity index (χ1v) is 5.41. The molecule has 86 valence electrons. The van der Waals surface area contributed by atoms with Crippen molar-refractivity contribution in [3.63, 3.8) is 0 Å². The van der Waals surface area contributed by atoms with Gasteiger partial charge in [-0.25, -0.2) is 9.97 Å². The van der Waals surface area contributed by atoms with Crippen LogP contribution in [0, 0.1) is 6.92 Å². The summed E-state index contributed by atoms with van der Waals surface area (Å²) in [5.41, 5.74) is 2.45. The van der Waals surface area contributed by atoms with Gasteiger partial charge in [0.15, 0.2) is 5.15 Å². The molecule has 0 atom stereocenters. The molecule has 0 N–H and O–H groups in total. The highest BCUT2D eigenvalue weighted by Gasteiger charge is 2.13. The molecule has 0 spiro atoms. The topological polar surface area (TPSA) is 61.4 Å². The Labute approximate surface area is 102 Å². The molecule has 0 saturated heterocycles. The van der Waals surface area contributed by atoms with Crippen molar-refractivity contribution in [1.29, 1.82) is 0 Å². The molecule has 0 aliphatic carbocycles. The number of nitrogens with zero attached hydrogens (tertiary/aromatic N) is 6. The van der Waals surface area contributed by atoms with E-state index < -0.39 is 0 Å². The third kappa shape index (κ3) is 1.49.